The first-order valence-electron chi connectivity index (χ1n) is 6.55. The van der Waals surface area contributed by atoms with Crippen molar-refractivity contribution in [3.8, 4) is 11.3 Å². The van der Waals surface area contributed by atoms with Gasteiger partial charge in [-0.25, -0.2) is 0 Å². The Kier molecular flexibility index (Phi) is 4.39. The van der Waals surface area contributed by atoms with Crippen molar-refractivity contribution in [2.24, 2.45) is 0 Å². The van der Waals surface area contributed by atoms with Crippen LogP contribution in [-0.4, -0.2) is 24.4 Å². The third-order valence-corrected chi connectivity index (χ3v) is 5.23. The number of nitro benzene ring substituents is 1. The maximum absolute atomic E-state index is 10.7. The second kappa shape index (κ2) is 6.44. The van der Waals surface area contributed by atoms with E-state index in [0.29, 0.717) is 0 Å². The Bertz CT molecular complexity index is 798. The fourth-order valence-electron chi connectivity index (χ4n) is 2.06. The zero-order valence-corrected chi connectivity index (χ0v) is 13.9. The van der Waals surface area contributed by atoms with Gasteiger partial charge in [0.25, 0.3) is 0 Å². The molecule has 1 aromatic heterocycles. The first kappa shape index (κ1) is 15.0. The van der Waals surface area contributed by atoms with Gasteiger partial charge in [-0.2, -0.15) is 0 Å². The molecule has 0 N–H and O–H groups in total. The second-order valence-corrected chi connectivity index (χ2v) is 7.15. The zero-order valence-electron chi connectivity index (χ0n) is 11.4. The van der Waals surface area contributed by atoms with E-state index in [2.05, 4.69) is 9.92 Å². The molecule has 0 unspecified atom stereocenters. The van der Waals surface area contributed by atoms with Crippen LogP contribution in [0.2, 0.25) is 5.02 Å². The molecular weight excluding hydrogens is 367 g/mol. The summed E-state index contributed by atoms with van der Waals surface area (Å²) < 4.78 is 1.14. The molecule has 6 heteroatoms. The van der Waals surface area contributed by atoms with E-state index in [9.17, 15) is 10.1 Å². The topological polar surface area (TPSA) is 56.0 Å². The number of hydrogen-bond donors (Lipinski definition) is 0. The van der Waals surface area contributed by atoms with Gasteiger partial charge >= 0.3 is 138 Å². The van der Waals surface area contributed by atoms with Gasteiger partial charge in [0, 0.05) is 0 Å². The average molecular weight is 378 g/mol. The van der Waals surface area contributed by atoms with Crippen molar-refractivity contribution in [3.63, 3.8) is 0 Å². The molecule has 0 radical (unpaired) electrons. The molecular formula is C16H11ClN2O2Se. The first-order chi connectivity index (χ1) is 10.6. The van der Waals surface area contributed by atoms with E-state index < -0.39 is 4.92 Å². The van der Waals surface area contributed by atoms with Gasteiger partial charge in [0.15, 0.2) is 0 Å². The van der Waals surface area contributed by atoms with Crippen LogP contribution >= 0.6 is 11.6 Å². The molecule has 0 saturated carbocycles. The van der Waals surface area contributed by atoms with Crippen LogP contribution in [0.25, 0.3) is 11.3 Å². The average Bonchev–Trinajstić information content (AvgIpc) is 2.98. The summed E-state index contributed by atoms with van der Waals surface area (Å²) in [6, 6.07) is 14.3. The van der Waals surface area contributed by atoms with Crippen LogP contribution in [0.5, 0.6) is 0 Å². The maximum atomic E-state index is 10.7. The Labute approximate surface area is 138 Å². The van der Waals surface area contributed by atoms with E-state index in [1.807, 2.05) is 24.3 Å². The van der Waals surface area contributed by atoms with Crippen LogP contribution in [0, 0.1) is 10.1 Å². The van der Waals surface area contributed by atoms with E-state index in [-0.39, 0.29) is 20.2 Å². The third-order valence-electron chi connectivity index (χ3n) is 3.19. The third kappa shape index (κ3) is 3.44. The molecule has 0 spiro atoms. The molecule has 0 aliphatic carbocycles. The van der Waals surface area contributed by atoms with Crippen molar-refractivity contribution in [2.45, 2.75) is 6.42 Å². The summed E-state index contributed by atoms with van der Waals surface area (Å²) in [5.41, 5.74) is 3.10. The fourth-order valence-corrected chi connectivity index (χ4v) is 3.94. The molecule has 0 bridgehead atoms. The molecule has 3 aromatic rings. The molecule has 0 fully saturated rings. The van der Waals surface area contributed by atoms with E-state index in [1.165, 1.54) is 17.7 Å². The van der Waals surface area contributed by atoms with Gasteiger partial charge in [-0.3, -0.25) is 0 Å². The number of nitrogens with zero attached hydrogens (tertiary/aromatic N) is 2. The molecule has 3 rings (SSSR count). The van der Waals surface area contributed by atoms with Crippen molar-refractivity contribution in [1.29, 1.82) is 0 Å². The fraction of sp³-hybridized carbons (Fsp3) is 0.0625. The van der Waals surface area contributed by atoms with Crippen molar-refractivity contribution in [2.75, 3.05) is 0 Å². The van der Waals surface area contributed by atoms with Crippen molar-refractivity contribution >= 4 is 31.8 Å². The zero-order chi connectivity index (χ0) is 15.5. The molecule has 0 atom stereocenters. The van der Waals surface area contributed by atoms with E-state index in [0.717, 1.165) is 27.3 Å². The van der Waals surface area contributed by atoms with Gasteiger partial charge in [0.2, 0.25) is 0 Å². The summed E-state index contributed by atoms with van der Waals surface area (Å²) >= 11 is 6.10. The number of halogens is 1. The van der Waals surface area contributed by atoms with Crippen LogP contribution in [0.3, 0.4) is 0 Å². The standard InChI is InChI=1S/C16H11ClN2O2Se/c17-13-5-1-11(2-6-13)9-16-18-15(10-22-16)12-3-7-14(8-4-12)19(20)21/h1-8,10H,9H2. The Morgan fingerprint density at radius 3 is 2.41 bits per heavy atom. The number of aromatic nitrogens is 1. The Hall–Kier alpha value is -1.94. The molecule has 0 aliphatic heterocycles. The molecule has 0 aliphatic rings. The predicted molar refractivity (Wildman–Crippen MR) is 87.5 cm³/mol. The van der Waals surface area contributed by atoms with Crippen LogP contribution in [0.1, 0.15) is 10.1 Å². The Balaban J connectivity index is 1.78. The van der Waals surface area contributed by atoms with Crippen LogP contribution in [0.15, 0.2) is 53.5 Å². The SMILES string of the molecule is O=[N+]([O-])c1ccc(-c2c[se]c(Cc3ccc(Cl)cc3)n2)cc1. The summed E-state index contributed by atoms with van der Waals surface area (Å²) in [6.07, 6.45) is 0.810. The quantitative estimate of drug-likeness (QED) is 0.393. The van der Waals surface area contributed by atoms with Crippen LogP contribution in [0.4, 0.5) is 5.69 Å². The molecule has 2 aromatic carbocycles. The van der Waals surface area contributed by atoms with E-state index in [1.54, 1.807) is 12.1 Å². The minimum absolute atomic E-state index is 0.0956. The van der Waals surface area contributed by atoms with Gasteiger partial charge in [-0.15, -0.1) is 0 Å². The van der Waals surface area contributed by atoms with Crippen LogP contribution < -0.4 is 0 Å². The Morgan fingerprint density at radius 2 is 1.77 bits per heavy atom. The molecule has 1 heterocycles. The minimum atomic E-state index is -0.397. The van der Waals surface area contributed by atoms with E-state index in [4.69, 9.17) is 11.6 Å². The normalized spacial score (nSPS) is 10.6. The van der Waals surface area contributed by atoms with Gasteiger partial charge < -0.3 is 0 Å². The number of benzene rings is 2. The first-order valence-corrected chi connectivity index (χ1v) is 8.78. The summed E-state index contributed by atoms with van der Waals surface area (Å²) in [5.74, 6) is 0. The molecule has 0 amide bonds. The molecule has 22 heavy (non-hydrogen) atoms. The van der Waals surface area contributed by atoms with Gasteiger partial charge in [0.05, 0.1) is 0 Å². The number of rotatable bonds is 4. The summed E-state index contributed by atoms with van der Waals surface area (Å²) in [6.45, 7) is 0. The predicted octanol–water partition coefficient (Wildman–Crippen LogP) is 3.96. The van der Waals surface area contributed by atoms with Gasteiger partial charge in [-0.1, -0.05) is 0 Å². The molecule has 110 valence electrons. The van der Waals surface area contributed by atoms with Gasteiger partial charge in [-0.05, 0) is 0 Å². The van der Waals surface area contributed by atoms with Gasteiger partial charge in [0.1, 0.15) is 0 Å². The number of hydrogen-bond acceptors (Lipinski definition) is 3. The van der Waals surface area contributed by atoms with Crippen molar-refractivity contribution < 1.29 is 4.92 Å². The summed E-state index contributed by atoms with van der Waals surface area (Å²) in [7, 11) is 0. The second-order valence-electron chi connectivity index (χ2n) is 4.73. The van der Waals surface area contributed by atoms with E-state index >= 15 is 0 Å². The van der Waals surface area contributed by atoms with Crippen LogP contribution in [-0.2, 0) is 6.42 Å². The molecule has 4 nitrogen and oxygen atoms in total. The number of non-ortho nitro benzene ring substituents is 1. The van der Waals surface area contributed by atoms with Crippen molar-refractivity contribution in [3.05, 3.63) is 78.7 Å². The number of nitro groups is 1. The monoisotopic (exact) mass is 378 g/mol. The Morgan fingerprint density at radius 1 is 1.09 bits per heavy atom. The summed E-state index contributed by atoms with van der Waals surface area (Å²) in [5, 5.41) is 11.4. The summed E-state index contributed by atoms with van der Waals surface area (Å²) in [4.78, 5) is 17.0. The van der Waals surface area contributed by atoms with Crippen molar-refractivity contribution in [1.82, 2.24) is 4.98 Å². The molecule has 0 saturated heterocycles.